The van der Waals surface area contributed by atoms with E-state index in [0.717, 1.165) is 0 Å². The third kappa shape index (κ3) is 7.28. The Kier molecular flexibility index (Phi) is 8.03. The summed E-state index contributed by atoms with van der Waals surface area (Å²) in [6.45, 7) is 6.08. The fraction of sp³-hybridized carbons (Fsp3) is 0.692. The van der Waals surface area contributed by atoms with Gasteiger partial charge in [0.2, 0.25) is 17.7 Å². The molecule has 0 heterocycles. The molecule has 3 N–H and O–H groups in total. The molecule has 0 radical (unpaired) electrons. The molecule has 0 aromatic carbocycles. The number of methoxy groups -OCH3 is 1. The van der Waals surface area contributed by atoms with Gasteiger partial charge >= 0.3 is 5.97 Å². The molecule has 120 valence electrons. The predicted octanol–water partition coefficient (Wildman–Crippen LogP) is -1.06. The Morgan fingerprint density at radius 3 is 2.05 bits per heavy atom. The largest absolute Gasteiger partial charge is 0.467 e. The van der Waals surface area contributed by atoms with Crippen LogP contribution >= 0.6 is 0 Å². The van der Waals surface area contributed by atoms with Crippen molar-refractivity contribution in [3.05, 3.63) is 0 Å². The minimum Gasteiger partial charge on any atom is -0.467 e. The molecule has 0 spiro atoms. The summed E-state index contributed by atoms with van der Waals surface area (Å²) in [7, 11) is 1.22. The lowest BCUT2D eigenvalue weighted by Crippen LogP contribution is -2.54. The van der Waals surface area contributed by atoms with Crippen LogP contribution in [-0.2, 0) is 23.9 Å². The van der Waals surface area contributed by atoms with E-state index in [1.165, 1.54) is 21.0 Å². The fourth-order valence-corrected chi connectivity index (χ4v) is 1.50. The Hall–Kier alpha value is -2.12. The molecule has 21 heavy (non-hydrogen) atoms. The molecule has 8 nitrogen and oxygen atoms in total. The number of hydrogen-bond donors (Lipinski definition) is 3. The third-order valence-corrected chi connectivity index (χ3v) is 2.68. The van der Waals surface area contributed by atoms with Crippen molar-refractivity contribution < 1.29 is 23.9 Å². The summed E-state index contributed by atoms with van der Waals surface area (Å²) in [4.78, 5) is 45.7. The zero-order chi connectivity index (χ0) is 16.6. The van der Waals surface area contributed by atoms with Crippen LogP contribution in [0.2, 0.25) is 0 Å². The van der Waals surface area contributed by atoms with Crippen LogP contribution in [-0.4, -0.2) is 49.4 Å². The highest BCUT2D eigenvalue weighted by atomic mass is 16.5. The number of rotatable bonds is 7. The molecule has 0 bridgehead atoms. The Balaban J connectivity index is 4.60. The van der Waals surface area contributed by atoms with Gasteiger partial charge in [-0.25, -0.2) is 4.79 Å². The lowest BCUT2D eigenvalue weighted by atomic mass is 10.0. The summed E-state index contributed by atoms with van der Waals surface area (Å²) in [6.07, 6.45) is 0. The lowest BCUT2D eigenvalue weighted by molar-refractivity contribution is -0.145. The Labute approximate surface area is 124 Å². The maximum atomic E-state index is 12.1. The van der Waals surface area contributed by atoms with Crippen molar-refractivity contribution >= 4 is 23.7 Å². The SMILES string of the molecule is COC(=O)[C@H](C)NC(=O)[C@H](NC(=O)CNC(C)=O)C(C)C. The van der Waals surface area contributed by atoms with Gasteiger partial charge in [-0.3, -0.25) is 14.4 Å². The van der Waals surface area contributed by atoms with Crippen LogP contribution in [0.1, 0.15) is 27.7 Å². The summed E-state index contributed by atoms with van der Waals surface area (Å²) in [5.41, 5.74) is 0. The quantitative estimate of drug-likeness (QED) is 0.519. The van der Waals surface area contributed by atoms with Gasteiger partial charge in [0.15, 0.2) is 0 Å². The minimum absolute atomic E-state index is 0.184. The van der Waals surface area contributed by atoms with E-state index in [9.17, 15) is 19.2 Å². The van der Waals surface area contributed by atoms with Crippen LogP contribution in [0.4, 0.5) is 0 Å². The number of hydrogen-bond acceptors (Lipinski definition) is 5. The number of esters is 1. The molecule has 2 atom stereocenters. The Morgan fingerprint density at radius 1 is 1.05 bits per heavy atom. The van der Waals surface area contributed by atoms with E-state index in [2.05, 4.69) is 20.7 Å². The van der Waals surface area contributed by atoms with Gasteiger partial charge in [0.05, 0.1) is 13.7 Å². The highest BCUT2D eigenvalue weighted by molar-refractivity contribution is 5.92. The van der Waals surface area contributed by atoms with Crippen LogP contribution in [0.3, 0.4) is 0 Å². The minimum atomic E-state index is -0.809. The van der Waals surface area contributed by atoms with E-state index in [1.807, 2.05) is 0 Å². The number of ether oxygens (including phenoxy) is 1. The van der Waals surface area contributed by atoms with Crippen molar-refractivity contribution in [2.75, 3.05) is 13.7 Å². The normalized spacial score (nSPS) is 13.0. The van der Waals surface area contributed by atoms with Crippen molar-refractivity contribution in [3.63, 3.8) is 0 Å². The van der Waals surface area contributed by atoms with Crippen LogP contribution in [0.5, 0.6) is 0 Å². The third-order valence-electron chi connectivity index (χ3n) is 2.68. The smallest absolute Gasteiger partial charge is 0.328 e. The molecule has 0 rings (SSSR count). The molecule has 0 aliphatic rings. The fourth-order valence-electron chi connectivity index (χ4n) is 1.50. The second-order valence-electron chi connectivity index (χ2n) is 4.95. The van der Waals surface area contributed by atoms with Crippen molar-refractivity contribution in [1.82, 2.24) is 16.0 Å². The summed E-state index contributed by atoms with van der Waals surface area (Å²) >= 11 is 0. The average Bonchev–Trinajstić information content (AvgIpc) is 2.40. The Morgan fingerprint density at radius 2 is 1.62 bits per heavy atom. The van der Waals surface area contributed by atoms with Gasteiger partial charge in [-0.15, -0.1) is 0 Å². The molecule has 0 saturated carbocycles. The van der Waals surface area contributed by atoms with E-state index < -0.39 is 29.9 Å². The van der Waals surface area contributed by atoms with Gasteiger partial charge in [-0.1, -0.05) is 13.8 Å². The second kappa shape index (κ2) is 8.93. The highest BCUT2D eigenvalue weighted by Gasteiger charge is 2.27. The second-order valence-corrected chi connectivity index (χ2v) is 4.95. The lowest BCUT2D eigenvalue weighted by Gasteiger charge is -2.23. The summed E-state index contributed by atoms with van der Waals surface area (Å²) in [6, 6.07) is -1.62. The summed E-state index contributed by atoms with van der Waals surface area (Å²) < 4.78 is 4.51. The molecule has 0 fully saturated rings. The van der Waals surface area contributed by atoms with Crippen molar-refractivity contribution in [3.8, 4) is 0 Å². The summed E-state index contributed by atoms with van der Waals surface area (Å²) in [5, 5.41) is 7.32. The predicted molar refractivity (Wildman–Crippen MR) is 75.1 cm³/mol. The first-order valence-corrected chi connectivity index (χ1v) is 6.61. The molecule has 0 aromatic heterocycles. The number of amides is 3. The van der Waals surface area contributed by atoms with Crippen molar-refractivity contribution in [2.45, 2.75) is 39.8 Å². The van der Waals surface area contributed by atoms with E-state index in [1.54, 1.807) is 13.8 Å². The standard InChI is InChI=1S/C13H23N3O5/c1-7(2)11(16-10(18)6-14-9(4)17)12(19)15-8(3)13(20)21-5/h7-8,11H,6H2,1-5H3,(H,14,17)(H,15,19)(H,16,18)/t8-,11+/m0/s1. The number of carbonyl (C=O) groups is 4. The molecule has 0 unspecified atom stereocenters. The molecule has 0 aromatic rings. The van der Waals surface area contributed by atoms with Crippen LogP contribution < -0.4 is 16.0 Å². The molecular weight excluding hydrogens is 278 g/mol. The van der Waals surface area contributed by atoms with E-state index >= 15 is 0 Å². The first-order valence-electron chi connectivity index (χ1n) is 6.61. The monoisotopic (exact) mass is 301 g/mol. The number of carbonyl (C=O) groups excluding carboxylic acids is 4. The van der Waals surface area contributed by atoms with Crippen LogP contribution in [0.15, 0.2) is 0 Å². The summed E-state index contributed by atoms with van der Waals surface area (Å²) in [5.74, 6) is -2.06. The van der Waals surface area contributed by atoms with Gasteiger partial charge in [0.25, 0.3) is 0 Å². The molecule has 0 aliphatic heterocycles. The molecular formula is C13H23N3O5. The highest BCUT2D eigenvalue weighted by Crippen LogP contribution is 2.02. The van der Waals surface area contributed by atoms with Crippen LogP contribution in [0, 0.1) is 5.92 Å². The van der Waals surface area contributed by atoms with Crippen LogP contribution in [0.25, 0.3) is 0 Å². The first-order chi connectivity index (χ1) is 9.68. The zero-order valence-electron chi connectivity index (χ0n) is 13.0. The molecule has 8 heteroatoms. The van der Waals surface area contributed by atoms with E-state index in [0.29, 0.717) is 0 Å². The maximum Gasteiger partial charge on any atom is 0.328 e. The van der Waals surface area contributed by atoms with E-state index in [4.69, 9.17) is 0 Å². The number of nitrogens with one attached hydrogen (secondary N) is 3. The molecule has 0 saturated heterocycles. The van der Waals surface area contributed by atoms with Gasteiger partial charge in [0, 0.05) is 6.92 Å². The maximum absolute atomic E-state index is 12.1. The molecule has 3 amide bonds. The van der Waals surface area contributed by atoms with Gasteiger partial charge < -0.3 is 20.7 Å². The molecule has 0 aliphatic carbocycles. The van der Waals surface area contributed by atoms with Gasteiger partial charge in [0.1, 0.15) is 12.1 Å². The Bertz CT molecular complexity index is 409. The topological polar surface area (TPSA) is 114 Å². The van der Waals surface area contributed by atoms with Crippen molar-refractivity contribution in [2.24, 2.45) is 5.92 Å². The van der Waals surface area contributed by atoms with Gasteiger partial charge in [-0.05, 0) is 12.8 Å². The van der Waals surface area contributed by atoms with E-state index in [-0.39, 0.29) is 18.4 Å². The van der Waals surface area contributed by atoms with Crippen molar-refractivity contribution in [1.29, 1.82) is 0 Å². The zero-order valence-corrected chi connectivity index (χ0v) is 13.0. The van der Waals surface area contributed by atoms with Gasteiger partial charge in [-0.2, -0.15) is 0 Å². The first kappa shape index (κ1) is 18.9. The average molecular weight is 301 g/mol.